The summed E-state index contributed by atoms with van der Waals surface area (Å²) in [6, 6.07) is 0. The van der Waals surface area contributed by atoms with Gasteiger partial charge in [0.05, 0.1) is 17.6 Å². The van der Waals surface area contributed by atoms with Crippen LogP contribution < -0.4 is 11.1 Å². The SMILES string of the molecule is Cc1csc(NC(=O)Cn2cc(CN)nn2)n1. The second kappa shape index (κ2) is 5.02. The summed E-state index contributed by atoms with van der Waals surface area (Å²) in [4.78, 5) is 15.8. The molecule has 2 rings (SSSR count). The highest BCUT2D eigenvalue weighted by Gasteiger charge is 2.07. The fourth-order valence-electron chi connectivity index (χ4n) is 1.23. The maximum atomic E-state index is 11.6. The monoisotopic (exact) mass is 252 g/mol. The number of nitrogens with zero attached hydrogens (tertiary/aromatic N) is 4. The van der Waals surface area contributed by atoms with Gasteiger partial charge in [-0.15, -0.1) is 16.4 Å². The molecule has 0 spiro atoms. The van der Waals surface area contributed by atoms with Gasteiger partial charge in [0.15, 0.2) is 5.13 Å². The number of carbonyl (C=O) groups is 1. The number of amides is 1. The van der Waals surface area contributed by atoms with Gasteiger partial charge in [-0.3, -0.25) is 4.79 Å². The van der Waals surface area contributed by atoms with Gasteiger partial charge in [-0.25, -0.2) is 9.67 Å². The van der Waals surface area contributed by atoms with E-state index in [1.54, 1.807) is 6.20 Å². The fourth-order valence-corrected chi connectivity index (χ4v) is 1.93. The number of nitrogens with one attached hydrogen (secondary N) is 1. The summed E-state index contributed by atoms with van der Waals surface area (Å²) in [5, 5.41) is 12.7. The zero-order valence-corrected chi connectivity index (χ0v) is 10.1. The van der Waals surface area contributed by atoms with Crippen molar-refractivity contribution in [2.45, 2.75) is 20.0 Å². The van der Waals surface area contributed by atoms with Gasteiger partial charge < -0.3 is 11.1 Å². The number of aryl methyl sites for hydroxylation is 1. The minimum atomic E-state index is -0.187. The van der Waals surface area contributed by atoms with E-state index in [4.69, 9.17) is 5.73 Å². The second-order valence-electron chi connectivity index (χ2n) is 3.45. The third kappa shape index (κ3) is 3.08. The lowest BCUT2D eigenvalue weighted by atomic mass is 10.5. The smallest absolute Gasteiger partial charge is 0.247 e. The van der Waals surface area contributed by atoms with Gasteiger partial charge in [0.25, 0.3) is 0 Å². The molecule has 0 aliphatic rings. The molecule has 90 valence electrons. The third-order valence-electron chi connectivity index (χ3n) is 1.97. The number of rotatable bonds is 4. The van der Waals surface area contributed by atoms with E-state index >= 15 is 0 Å². The lowest BCUT2D eigenvalue weighted by molar-refractivity contribution is -0.116. The molecule has 2 aromatic heterocycles. The molecule has 7 nitrogen and oxygen atoms in total. The van der Waals surface area contributed by atoms with E-state index in [9.17, 15) is 4.79 Å². The summed E-state index contributed by atoms with van der Waals surface area (Å²) < 4.78 is 1.44. The molecule has 8 heteroatoms. The maximum Gasteiger partial charge on any atom is 0.247 e. The van der Waals surface area contributed by atoms with E-state index in [1.165, 1.54) is 16.0 Å². The summed E-state index contributed by atoms with van der Waals surface area (Å²) in [6.45, 7) is 2.29. The molecule has 0 bridgehead atoms. The van der Waals surface area contributed by atoms with Crippen LogP contribution in [0.2, 0.25) is 0 Å². The molecule has 0 aromatic carbocycles. The molecule has 0 saturated carbocycles. The van der Waals surface area contributed by atoms with Crippen LogP contribution in [0.25, 0.3) is 0 Å². The minimum absolute atomic E-state index is 0.103. The average molecular weight is 252 g/mol. The van der Waals surface area contributed by atoms with Crippen LogP contribution in [0.4, 0.5) is 5.13 Å². The first kappa shape index (κ1) is 11.7. The van der Waals surface area contributed by atoms with Crippen molar-refractivity contribution in [2.75, 3.05) is 5.32 Å². The Balaban J connectivity index is 1.93. The Labute approximate surface area is 102 Å². The highest BCUT2D eigenvalue weighted by Crippen LogP contribution is 2.14. The van der Waals surface area contributed by atoms with Crippen molar-refractivity contribution >= 4 is 22.4 Å². The predicted molar refractivity (Wildman–Crippen MR) is 63.4 cm³/mol. The standard InChI is InChI=1S/C9H12N6OS/c1-6-5-17-9(11-6)12-8(16)4-15-3-7(2-10)13-14-15/h3,5H,2,4,10H2,1H3,(H,11,12,16). The largest absolute Gasteiger partial charge is 0.325 e. The third-order valence-corrected chi connectivity index (χ3v) is 2.84. The first-order chi connectivity index (χ1) is 8.17. The number of carbonyl (C=O) groups excluding carboxylic acids is 1. The van der Waals surface area contributed by atoms with Crippen LogP contribution in [0.1, 0.15) is 11.4 Å². The van der Waals surface area contributed by atoms with Crippen LogP contribution in [-0.4, -0.2) is 25.9 Å². The van der Waals surface area contributed by atoms with Crippen molar-refractivity contribution < 1.29 is 4.79 Å². The molecule has 2 heterocycles. The molecular formula is C9H12N6OS. The van der Waals surface area contributed by atoms with Crippen LogP contribution in [-0.2, 0) is 17.9 Å². The Bertz CT molecular complexity index is 519. The van der Waals surface area contributed by atoms with Crippen LogP contribution in [0, 0.1) is 6.92 Å². The van der Waals surface area contributed by atoms with Gasteiger partial charge in [0, 0.05) is 11.9 Å². The summed E-state index contributed by atoms with van der Waals surface area (Å²) >= 11 is 1.39. The van der Waals surface area contributed by atoms with Gasteiger partial charge in [0.2, 0.25) is 5.91 Å². The van der Waals surface area contributed by atoms with Crippen molar-refractivity contribution in [3.05, 3.63) is 23.0 Å². The van der Waals surface area contributed by atoms with E-state index in [2.05, 4.69) is 20.6 Å². The Morgan fingerprint density at radius 1 is 1.65 bits per heavy atom. The molecule has 2 aromatic rings. The molecule has 0 radical (unpaired) electrons. The van der Waals surface area contributed by atoms with Crippen molar-refractivity contribution in [3.8, 4) is 0 Å². The first-order valence-corrected chi connectivity index (χ1v) is 5.86. The quantitative estimate of drug-likeness (QED) is 0.806. The lowest BCUT2D eigenvalue weighted by Gasteiger charge is -2.00. The Kier molecular flexibility index (Phi) is 3.45. The zero-order chi connectivity index (χ0) is 12.3. The van der Waals surface area contributed by atoms with E-state index < -0.39 is 0 Å². The molecule has 17 heavy (non-hydrogen) atoms. The van der Waals surface area contributed by atoms with Crippen molar-refractivity contribution in [2.24, 2.45) is 5.73 Å². The first-order valence-electron chi connectivity index (χ1n) is 4.98. The number of hydrogen-bond donors (Lipinski definition) is 2. The Morgan fingerprint density at radius 2 is 2.47 bits per heavy atom. The molecule has 0 aliphatic heterocycles. The topological polar surface area (TPSA) is 98.7 Å². The van der Waals surface area contributed by atoms with Gasteiger partial charge in [-0.1, -0.05) is 5.21 Å². The van der Waals surface area contributed by atoms with E-state index in [0.29, 0.717) is 17.4 Å². The average Bonchev–Trinajstić information content (AvgIpc) is 2.88. The number of aromatic nitrogens is 4. The van der Waals surface area contributed by atoms with Gasteiger partial charge >= 0.3 is 0 Å². The van der Waals surface area contributed by atoms with Gasteiger partial charge in [-0.2, -0.15) is 0 Å². The molecule has 1 amide bonds. The highest BCUT2D eigenvalue weighted by atomic mass is 32.1. The fraction of sp³-hybridized carbons (Fsp3) is 0.333. The Morgan fingerprint density at radius 3 is 3.06 bits per heavy atom. The van der Waals surface area contributed by atoms with Crippen LogP contribution in [0.5, 0.6) is 0 Å². The van der Waals surface area contributed by atoms with E-state index in [-0.39, 0.29) is 12.5 Å². The van der Waals surface area contributed by atoms with Crippen molar-refractivity contribution in [1.29, 1.82) is 0 Å². The summed E-state index contributed by atoms with van der Waals surface area (Å²) in [5.41, 5.74) is 6.94. The normalized spacial score (nSPS) is 10.5. The van der Waals surface area contributed by atoms with Crippen LogP contribution in [0.3, 0.4) is 0 Å². The number of thiazole rings is 1. The molecule has 3 N–H and O–H groups in total. The number of anilines is 1. The molecule has 0 atom stereocenters. The van der Waals surface area contributed by atoms with Gasteiger partial charge in [0.1, 0.15) is 6.54 Å². The second-order valence-corrected chi connectivity index (χ2v) is 4.31. The number of nitrogens with two attached hydrogens (primary N) is 1. The van der Waals surface area contributed by atoms with Crippen molar-refractivity contribution in [3.63, 3.8) is 0 Å². The van der Waals surface area contributed by atoms with Gasteiger partial charge in [-0.05, 0) is 6.92 Å². The summed E-state index contributed by atoms with van der Waals surface area (Å²) in [5.74, 6) is -0.187. The van der Waals surface area contributed by atoms with Crippen LogP contribution in [0.15, 0.2) is 11.6 Å². The minimum Gasteiger partial charge on any atom is -0.325 e. The van der Waals surface area contributed by atoms with Crippen molar-refractivity contribution in [1.82, 2.24) is 20.0 Å². The van der Waals surface area contributed by atoms with E-state index in [0.717, 1.165) is 5.69 Å². The molecule has 0 aliphatic carbocycles. The van der Waals surface area contributed by atoms with E-state index in [1.807, 2.05) is 12.3 Å². The predicted octanol–water partition coefficient (Wildman–Crippen LogP) is 0.140. The zero-order valence-electron chi connectivity index (χ0n) is 9.25. The van der Waals surface area contributed by atoms with Crippen LogP contribution >= 0.6 is 11.3 Å². The Hall–Kier alpha value is -1.80. The molecule has 0 unspecified atom stereocenters. The maximum absolute atomic E-state index is 11.6. The number of hydrogen-bond acceptors (Lipinski definition) is 6. The highest BCUT2D eigenvalue weighted by molar-refractivity contribution is 7.13. The molecule has 0 fully saturated rings. The lowest BCUT2D eigenvalue weighted by Crippen LogP contribution is -2.19. The summed E-state index contributed by atoms with van der Waals surface area (Å²) in [6.07, 6.45) is 1.65. The summed E-state index contributed by atoms with van der Waals surface area (Å²) in [7, 11) is 0. The molecular weight excluding hydrogens is 240 g/mol. The molecule has 0 saturated heterocycles.